The molecule has 3 heteroatoms. The third-order valence-electron chi connectivity index (χ3n) is 2.73. The minimum absolute atomic E-state index is 0.280. The molecule has 2 aromatic carbocycles. The van der Waals surface area contributed by atoms with Gasteiger partial charge in [0.2, 0.25) is 0 Å². The van der Waals surface area contributed by atoms with Crippen molar-refractivity contribution in [2.45, 2.75) is 6.42 Å². The van der Waals surface area contributed by atoms with Crippen LogP contribution in [0.3, 0.4) is 0 Å². The van der Waals surface area contributed by atoms with Crippen LogP contribution >= 0.6 is 0 Å². The Hall–Kier alpha value is -2.16. The number of aromatic nitrogens is 2. The van der Waals surface area contributed by atoms with Crippen LogP contribution in [0, 0.1) is 5.82 Å². The van der Waals surface area contributed by atoms with Gasteiger partial charge in [-0.05, 0) is 17.7 Å². The highest BCUT2D eigenvalue weighted by molar-refractivity contribution is 5.75. The number of fused-ring (bicyclic) bond motifs is 1. The van der Waals surface area contributed by atoms with Crippen LogP contribution in [-0.2, 0) is 6.42 Å². The predicted octanol–water partition coefficient (Wildman–Crippen LogP) is 3.29. The van der Waals surface area contributed by atoms with Crippen molar-refractivity contribution in [1.29, 1.82) is 0 Å². The summed E-state index contributed by atoms with van der Waals surface area (Å²) in [7, 11) is 0. The Kier molecular flexibility index (Phi) is 2.37. The fourth-order valence-electron chi connectivity index (χ4n) is 1.92. The minimum Gasteiger partial charge on any atom is -0.342 e. The molecule has 0 amide bonds. The van der Waals surface area contributed by atoms with E-state index < -0.39 is 0 Å². The van der Waals surface area contributed by atoms with E-state index in [4.69, 9.17) is 0 Å². The van der Waals surface area contributed by atoms with Crippen molar-refractivity contribution < 1.29 is 4.39 Å². The molecule has 0 bridgehead atoms. The smallest absolute Gasteiger partial charge is 0.151 e. The number of rotatable bonds is 2. The summed E-state index contributed by atoms with van der Waals surface area (Å²) in [6, 6.07) is 14.9. The average Bonchev–Trinajstić information content (AvgIpc) is 2.74. The maximum atomic E-state index is 13.5. The van der Waals surface area contributed by atoms with Crippen molar-refractivity contribution in [2.75, 3.05) is 0 Å². The van der Waals surface area contributed by atoms with Crippen LogP contribution in [0.4, 0.5) is 4.39 Å². The van der Waals surface area contributed by atoms with Crippen LogP contribution in [0.25, 0.3) is 11.0 Å². The van der Waals surface area contributed by atoms with Gasteiger partial charge in [-0.2, -0.15) is 0 Å². The topological polar surface area (TPSA) is 28.7 Å². The Balaban J connectivity index is 1.99. The number of nitrogens with one attached hydrogen (secondary N) is 1. The Labute approximate surface area is 98.1 Å². The zero-order valence-corrected chi connectivity index (χ0v) is 9.15. The summed E-state index contributed by atoms with van der Waals surface area (Å²) in [4.78, 5) is 7.41. The van der Waals surface area contributed by atoms with Gasteiger partial charge in [-0.1, -0.05) is 36.4 Å². The highest BCUT2D eigenvalue weighted by Crippen LogP contribution is 2.16. The maximum absolute atomic E-state index is 13.5. The van der Waals surface area contributed by atoms with E-state index in [1.54, 1.807) is 6.07 Å². The molecule has 0 fully saturated rings. The lowest BCUT2D eigenvalue weighted by molar-refractivity contribution is 0.637. The number of imidazole rings is 1. The van der Waals surface area contributed by atoms with E-state index in [1.165, 1.54) is 6.07 Å². The molecule has 3 rings (SSSR count). The second-order valence-electron chi connectivity index (χ2n) is 3.98. The zero-order valence-electron chi connectivity index (χ0n) is 9.15. The fourth-order valence-corrected chi connectivity index (χ4v) is 1.92. The molecular weight excluding hydrogens is 215 g/mol. The molecule has 0 unspecified atom stereocenters. The second kappa shape index (κ2) is 4.01. The van der Waals surface area contributed by atoms with E-state index in [0.29, 0.717) is 11.9 Å². The Bertz CT molecular complexity index is 644. The lowest BCUT2D eigenvalue weighted by Crippen LogP contribution is -1.89. The largest absolute Gasteiger partial charge is 0.342 e. The first kappa shape index (κ1) is 10.0. The van der Waals surface area contributed by atoms with Gasteiger partial charge in [0, 0.05) is 6.42 Å². The summed E-state index contributed by atoms with van der Waals surface area (Å²) in [5.74, 6) is 0.509. The van der Waals surface area contributed by atoms with Gasteiger partial charge in [0.1, 0.15) is 11.3 Å². The highest BCUT2D eigenvalue weighted by Gasteiger charge is 2.06. The normalized spacial score (nSPS) is 10.9. The molecule has 84 valence electrons. The van der Waals surface area contributed by atoms with E-state index in [1.807, 2.05) is 36.4 Å². The molecule has 1 aromatic heterocycles. The van der Waals surface area contributed by atoms with Crippen LogP contribution in [0.2, 0.25) is 0 Å². The Morgan fingerprint density at radius 1 is 1.00 bits per heavy atom. The lowest BCUT2D eigenvalue weighted by atomic mass is 10.1. The second-order valence-corrected chi connectivity index (χ2v) is 3.98. The molecule has 0 aliphatic heterocycles. The molecule has 0 atom stereocenters. The van der Waals surface area contributed by atoms with Crippen molar-refractivity contribution in [3.8, 4) is 0 Å². The van der Waals surface area contributed by atoms with Crippen LogP contribution < -0.4 is 0 Å². The molecule has 0 aliphatic carbocycles. The van der Waals surface area contributed by atoms with Gasteiger partial charge in [0.25, 0.3) is 0 Å². The molecule has 1 heterocycles. The first-order valence-corrected chi connectivity index (χ1v) is 5.50. The van der Waals surface area contributed by atoms with Crippen molar-refractivity contribution in [2.24, 2.45) is 0 Å². The first-order valence-electron chi connectivity index (χ1n) is 5.50. The van der Waals surface area contributed by atoms with Crippen molar-refractivity contribution >= 4 is 11.0 Å². The molecule has 3 aromatic rings. The first-order chi connectivity index (χ1) is 8.33. The van der Waals surface area contributed by atoms with E-state index >= 15 is 0 Å². The van der Waals surface area contributed by atoms with Crippen LogP contribution in [-0.4, -0.2) is 9.97 Å². The summed E-state index contributed by atoms with van der Waals surface area (Å²) in [6.07, 6.45) is 0.689. The predicted molar refractivity (Wildman–Crippen MR) is 65.3 cm³/mol. The van der Waals surface area contributed by atoms with Gasteiger partial charge in [0.05, 0.1) is 5.52 Å². The highest BCUT2D eigenvalue weighted by atomic mass is 19.1. The van der Waals surface area contributed by atoms with E-state index in [0.717, 1.165) is 16.9 Å². The number of benzene rings is 2. The van der Waals surface area contributed by atoms with Gasteiger partial charge < -0.3 is 4.98 Å². The van der Waals surface area contributed by atoms with Crippen LogP contribution in [0.5, 0.6) is 0 Å². The number of hydrogen-bond donors (Lipinski definition) is 1. The third kappa shape index (κ3) is 1.91. The van der Waals surface area contributed by atoms with Gasteiger partial charge in [-0.25, -0.2) is 9.37 Å². The third-order valence-corrected chi connectivity index (χ3v) is 2.73. The van der Waals surface area contributed by atoms with E-state index in [9.17, 15) is 4.39 Å². The zero-order chi connectivity index (χ0) is 11.7. The van der Waals surface area contributed by atoms with Crippen LogP contribution in [0.15, 0.2) is 48.5 Å². The number of para-hydroxylation sites is 1. The summed E-state index contributed by atoms with van der Waals surface area (Å²) in [5.41, 5.74) is 2.32. The average molecular weight is 226 g/mol. The SMILES string of the molecule is Fc1cccc2[nH]c(Cc3ccccc3)nc12. The fraction of sp³-hybridized carbons (Fsp3) is 0.0714. The molecule has 2 nitrogen and oxygen atoms in total. The molecule has 0 saturated carbocycles. The number of hydrogen-bond acceptors (Lipinski definition) is 1. The molecule has 0 spiro atoms. The van der Waals surface area contributed by atoms with E-state index in [2.05, 4.69) is 9.97 Å². The maximum Gasteiger partial charge on any atom is 0.151 e. The summed E-state index contributed by atoms with van der Waals surface area (Å²) in [6.45, 7) is 0. The van der Waals surface area contributed by atoms with Crippen LogP contribution in [0.1, 0.15) is 11.4 Å². The van der Waals surface area contributed by atoms with Crippen molar-refractivity contribution in [3.63, 3.8) is 0 Å². The molecule has 17 heavy (non-hydrogen) atoms. The quantitative estimate of drug-likeness (QED) is 0.713. The van der Waals surface area contributed by atoms with Gasteiger partial charge in [0.15, 0.2) is 5.82 Å². The van der Waals surface area contributed by atoms with Crippen molar-refractivity contribution in [3.05, 3.63) is 65.7 Å². The number of H-pyrrole nitrogens is 1. The Morgan fingerprint density at radius 3 is 2.59 bits per heavy atom. The summed E-state index contributed by atoms with van der Waals surface area (Å²) >= 11 is 0. The van der Waals surface area contributed by atoms with Crippen molar-refractivity contribution in [1.82, 2.24) is 9.97 Å². The molecule has 0 saturated heterocycles. The van der Waals surface area contributed by atoms with E-state index in [-0.39, 0.29) is 5.82 Å². The van der Waals surface area contributed by atoms with Gasteiger partial charge in [-0.3, -0.25) is 0 Å². The monoisotopic (exact) mass is 226 g/mol. The summed E-state index contributed by atoms with van der Waals surface area (Å²) < 4.78 is 13.5. The molecule has 0 radical (unpaired) electrons. The van der Waals surface area contributed by atoms with Gasteiger partial charge >= 0.3 is 0 Å². The minimum atomic E-state index is -0.280. The molecule has 0 aliphatic rings. The Morgan fingerprint density at radius 2 is 1.82 bits per heavy atom. The molecule has 1 N–H and O–H groups in total. The number of nitrogens with zero attached hydrogens (tertiary/aromatic N) is 1. The number of halogens is 1. The lowest BCUT2D eigenvalue weighted by Gasteiger charge is -1.96. The summed E-state index contributed by atoms with van der Waals surface area (Å²) in [5, 5.41) is 0. The molecular formula is C14H11FN2. The standard InChI is InChI=1S/C14H11FN2/c15-11-7-4-8-12-14(11)17-13(16-12)9-10-5-2-1-3-6-10/h1-8H,9H2,(H,16,17). The number of aromatic amines is 1. The van der Waals surface area contributed by atoms with Gasteiger partial charge in [-0.15, -0.1) is 0 Å².